The minimum Gasteiger partial charge on any atom is -0.409 e. The number of amidine groups is 1. The molecule has 4 N–H and O–H groups in total. The number of hydrogen-bond acceptors (Lipinski definition) is 4. The summed E-state index contributed by atoms with van der Waals surface area (Å²) in [6, 6.07) is 8.61. The van der Waals surface area contributed by atoms with E-state index >= 15 is 0 Å². The fourth-order valence-corrected chi connectivity index (χ4v) is 2.03. The SMILES string of the molecule is Cc1c(Br)cccc1NC(=O)c1ccc(/C(N)=N/O)cn1. The summed E-state index contributed by atoms with van der Waals surface area (Å²) in [6.45, 7) is 1.90. The second kappa shape index (κ2) is 6.36. The first-order chi connectivity index (χ1) is 10.0. The second-order valence-corrected chi connectivity index (χ2v) is 5.14. The van der Waals surface area contributed by atoms with Crippen molar-refractivity contribution in [1.29, 1.82) is 0 Å². The Balaban J connectivity index is 2.19. The van der Waals surface area contributed by atoms with Gasteiger partial charge in [-0.2, -0.15) is 0 Å². The lowest BCUT2D eigenvalue weighted by Crippen LogP contribution is -2.17. The third-order valence-corrected chi connectivity index (χ3v) is 3.77. The van der Waals surface area contributed by atoms with Gasteiger partial charge < -0.3 is 16.3 Å². The number of carbonyl (C=O) groups is 1. The molecule has 2 rings (SSSR count). The van der Waals surface area contributed by atoms with Gasteiger partial charge in [0.1, 0.15) is 5.69 Å². The molecular weight excluding hydrogens is 336 g/mol. The molecule has 0 fully saturated rings. The molecule has 108 valence electrons. The van der Waals surface area contributed by atoms with Crippen molar-refractivity contribution in [3.05, 3.63) is 57.8 Å². The average molecular weight is 349 g/mol. The van der Waals surface area contributed by atoms with Crippen molar-refractivity contribution < 1.29 is 10.0 Å². The van der Waals surface area contributed by atoms with Crippen LogP contribution in [0.25, 0.3) is 0 Å². The molecule has 0 unspecified atom stereocenters. The molecule has 0 saturated carbocycles. The van der Waals surface area contributed by atoms with Gasteiger partial charge in [-0.15, -0.1) is 0 Å². The van der Waals surface area contributed by atoms with Crippen molar-refractivity contribution >= 4 is 33.4 Å². The van der Waals surface area contributed by atoms with Crippen LogP contribution in [0.1, 0.15) is 21.6 Å². The molecule has 1 aromatic heterocycles. The fourth-order valence-electron chi connectivity index (χ4n) is 1.67. The molecule has 6 nitrogen and oxygen atoms in total. The highest BCUT2D eigenvalue weighted by molar-refractivity contribution is 9.10. The number of nitrogens with two attached hydrogens (primary N) is 1. The van der Waals surface area contributed by atoms with E-state index in [1.165, 1.54) is 12.3 Å². The van der Waals surface area contributed by atoms with E-state index in [9.17, 15) is 4.79 Å². The number of aromatic nitrogens is 1. The van der Waals surface area contributed by atoms with Gasteiger partial charge in [0.25, 0.3) is 5.91 Å². The Bertz CT molecular complexity index is 699. The van der Waals surface area contributed by atoms with Crippen LogP contribution in [-0.2, 0) is 0 Å². The summed E-state index contributed by atoms with van der Waals surface area (Å²) in [5.41, 5.74) is 7.75. The quantitative estimate of drug-likeness (QED) is 0.343. The summed E-state index contributed by atoms with van der Waals surface area (Å²) in [7, 11) is 0. The molecule has 0 aliphatic carbocycles. The number of nitrogens with one attached hydrogen (secondary N) is 1. The Morgan fingerprint density at radius 3 is 2.76 bits per heavy atom. The van der Waals surface area contributed by atoms with E-state index in [1.54, 1.807) is 6.07 Å². The Morgan fingerprint density at radius 2 is 2.14 bits per heavy atom. The van der Waals surface area contributed by atoms with Crippen molar-refractivity contribution in [3.8, 4) is 0 Å². The first kappa shape index (κ1) is 15.0. The van der Waals surface area contributed by atoms with E-state index in [-0.39, 0.29) is 17.4 Å². The summed E-state index contributed by atoms with van der Waals surface area (Å²) in [4.78, 5) is 16.1. The summed E-state index contributed by atoms with van der Waals surface area (Å²) >= 11 is 3.41. The lowest BCUT2D eigenvalue weighted by atomic mass is 10.2. The fraction of sp³-hybridized carbons (Fsp3) is 0.0714. The first-order valence-corrected chi connectivity index (χ1v) is 6.82. The van der Waals surface area contributed by atoms with Gasteiger partial charge in [0, 0.05) is 21.9 Å². The summed E-state index contributed by atoms with van der Waals surface area (Å²) in [5, 5.41) is 14.2. The van der Waals surface area contributed by atoms with E-state index in [2.05, 4.69) is 31.4 Å². The zero-order valence-electron chi connectivity index (χ0n) is 11.2. The van der Waals surface area contributed by atoms with E-state index in [4.69, 9.17) is 10.9 Å². The smallest absolute Gasteiger partial charge is 0.274 e. The number of anilines is 1. The van der Waals surface area contributed by atoms with Gasteiger partial charge in [0.2, 0.25) is 0 Å². The molecule has 0 spiro atoms. The van der Waals surface area contributed by atoms with Gasteiger partial charge >= 0.3 is 0 Å². The van der Waals surface area contributed by atoms with Crippen LogP contribution in [0.5, 0.6) is 0 Å². The highest BCUT2D eigenvalue weighted by Gasteiger charge is 2.10. The normalized spacial score (nSPS) is 11.2. The van der Waals surface area contributed by atoms with Gasteiger partial charge in [-0.25, -0.2) is 0 Å². The summed E-state index contributed by atoms with van der Waals surface area (Å²) in [6.07, 6.45) is 1.37. The minimum absolute atomic E-state index is 0.0581. The monoisotopic (exact) mass is 348 g/mol. The molecule has 0 aliphatic heterocycles. The lowest BCUT2D eigenvalue weighted by Gasteiger charge is -2.09. The molecule has 2 aromatic rings. The van der Waals surface area contributed by atoms with Crippen LogP contribution in [0, 0.1) is 6.92 Å². The molecule has 0 atom stereocenters. The third kappa shape index (κ3) is 3.38. The van der Waals surface area contributed by atoms with Crippen molar-refractivity contribution in [2.75, 3.05) is 5.32 Å². The number of rotatable bonds is 3. The molecule has 0 bridgehead atoms. The zero-order chi connectivity index (χ0) is 15.4. The Kier molecular flexibility index (Phi) is 4.54. The zero-order valence-corrected chi connectivity index (χ0v) is 12.8. The minimum atomic E-state index is -0.331. The number of oxime groups is 1. The van der Waals surface area contributed by atoms with Crippen LogP contribution in [-0.4, -0.2) is 21.9 Å². The lowest BCUT2D eigenvalue weighted by molar-refractivity contribution is 0.102. The highest BCUT2D eigenvalue weighted by atomic mass is 79.9. The number of halogens is 1. The van der Waals surface area contributed by atoms with E-state index in [1.807, 2.05) is 25.1 Å². The molecule has 1 aromatic carbocycles. The van der Waals surface area contributed by atoms with Crippen LogP contribution in [0.3, 0.4) is 0 Å². The van der Waals surface area contributed by atoms with E-state index in [0.717, 1.165) is 10.0 Å². The van der Waals surface area contributed by atoms with Crippen LogP contribution in [0.15, 0.2) is 46.2 Å². The molecule has 0 radical (unpaired) electrons. The maximum absolute atomic E-state index is 12.1. The standard InChI is InChI=1S/C14H13BrN4O2/c1-8-10(15)3-2-4-11(8)18-14(20)12-6-5-9(7-17-12)13(16)19-21/h2-7,21H,1H3,(H2,16,19)(H,18,20). The topological polar surface area (TPSA) is 101 Å². The maximum Gasteiger partial charge on any atom is 0.274 e. The Hall–Kier alpha value is -2.41. The number of amides is 1. The van der Waals surface area contributed by atoms with Gasteiger partial charge in [-0.05, 0) is 36.8 Å². The number of carbonyl (C=O) groups excluding carboxylic acids is 1. The summed E-state index contributed by atoms with van der Waals surface area (Å²) < 4.78 is 0.913. The summed E-state index contributed by atoms with van der Waals surface area (Å²) in [5.74, 6) is -0.389. The van der Waals surface area contributed by atoms with Crippen molar-refractivity contribution in [2.24, 2.45) is 10.9 Å². The van der Waals surface area contributed by atoms with Crippen LogP contribution >= 0.6 is 15.9 Å². The number of hydrogen-bond donors (Lipinski definition) is 3. The average Bonchev–Trinajstić information content (AvgIpc) is 2.51. The van der Waals surface area contributed by atoms with Crippen LogP contribution in [0.4, 0.5) is 5.69 Å². The number of pyridine rings is 1. The van der Waals surface area contributed by atoms with Gasteiger partial charge in [0.05, 0.1) is 0 Å². The number of nitrogens with zero attached hydrogens (tertiary/aromatic N) is 2. The Morgan fingerprint density at radius 1 is 1.38 bits per heavy atom. The van der Waals surface area contributed by atoms with Gasteiger partial charge in [-0.3, -0.25) is 9.78 Å². The predicted molar refractivity (Wildman–Crippen MR) is 83.6 cm³/mol. The first-order valence-electron chi connectivity index (χ1n) is 6.03. The van der Waals surface area contributed by atoms with Crippen LogP contribution < -0.4 is 11.1 Å². The number of benzene rings is 1. The molecule has 21 heavy (non-hydrogen) atoms. The molecule has 0 saturated heterocycles. The largest absolute Gasteiger partial charge is 0.409 e. The maximum atomic E-state index is 12.1. The van der Waals surface area contributed by atoms with Crippen molar-refractivity contribution in [1.82, 2.24) is 4.98 Å². The molecular formula is C14H13BrN4O2. The van der Waals surface area contributed by atoms with Gasteiger partial charge in [-0.1, -0.05) is 27.2 Å². The molecule has 1 amide bonds. The second-order valence-electron chi connectivity index (χ2n) is 4.28. The predicted octanol–water partition coefficient (Wildman–Crippen LogP) is 2.50. The van der Waals surface area contributed by atoms with E-state index < -0.39 is 0 Å². The molecule has 7 heteroatoms. The third-order valence-electron chi connectivity index (χ3n) is 2.92. The molecule has 1 heterocycles. The van der Waals surface area contributed by atoms with Crippen LogP contribution in [0.2, 0.25) is 0 Å². The van der Waals surface area contributed by atoms with Crippen molar-refractivity contribution in [3.63, 3.8) is 0 Å². The van der Waals surface area contributed by atoms with E-state index in [0.29, 0.717) is 11.3 Å². The highest BCUT2D eigenvalue weighted by Crippen LogP contribution is 2.23. The van der Waals surface area contributed by atoms with Gasteiger partial charge in [0.15, 0.2) is 5.84 Å². The van der Waals surface area contributed by atoms with Crippen molar-refractivity contribution in [2.45, 2.75) is 6.92 Å². The Labute approximate surface area is 129 Å². The molecule has 0 aliphatic rings.